The van der Waals surface area contributed by atoms with Gasteiger partial charge in [-0.2, -0.15) is 0 Å². The number of aromatic carboxylic acids is 1. The third kappa shape index (κ3) is 3.32. The fourth-order valence-electron chi connectivity index (χ4n) is 1.99. The topological polar surface area (TPSA) is 49.3 Å². The summed E-state index contributed by atoms with van der Waals surface area (Å²) < 4.78 is 0. The third-order valence-electron chi connectivity index (χ3n) is 3.04. The van der Waals surface area contributed by atoms with Crippen molar-refractivity contribution in [2.45, 2.75) is 19.9 Å². The van der Waals surface area contributed by atoms with Crippen molar-refractivity contribution >= 4 is 34.6 Å². The summed E-state index contributed by atoms with van der Waals surface area (Å²) in [4.78, 5) is 12.2. The molecule has 0 aliphatic heterocycles. The Hall–Kier alpha value is -1.52. The van der Waals surface area contributed by atoms with Gasteiger partial charge in [0.2, 0.25) is 0 Å². The van der Waals surface area contributed by atoms with Crippen LogP contribution in [0.15, 0.2) is 35.7 Å². The number of benzene rings is 1. The maximum Gasteiger partial charge on any atom is 0.337 e. The second-order valence-electron chi connectivity index (χ2n) is 4.88. The molecule has 1 heterocycles. The number of carboxylic acids is 1. The first-order chi connectivity index (χ1) is 9.49. The van der Waals surface area contributed by atoms with Gasteiger partial charge in [0.05, 0.1) is 16.6 Å². The lowest BCUT2D eigenvalue weighted by molar-refractivity contribution is 0.0697. The molecule has 20 heavy (non-hydrogen) atoms. The molecular weight excluding hydrogens is 294 g/mol. The normalized spacial score (nSPS) is 12.4. The van der Waals surface area contributed by atoms with E-state index in [4.69, 9.17) is 16.7 Å². The lowest BCUT2D eigenvalue weighted by atomic mass is 10.0. The second-order valence-corrected chi connectivity index (χ2v) is 6.27. The zero-order chi connectivity index (χ0) is 14.7. The molecule has 1 unspecified atom stereocenters. The van der Waals surface area contributed by atoms with Crippen LogP contribution in [0.5, 0.6) is 0 Å². The number of carboxylic acid groups (broad SMARTS) is 1. The second kappa shape index (κ2) is 6.29. The van der Waals surface area contributed by atoms with Crippen LogP contribution in [0, 0.1) is 5.92 Å². The molecule has 0 spiro atoms. The largest absolute Gasteiger partial charge is 0.478 e. The first-order valence-corrected chi connectivity index (χ1v) is 7.57. The van der Waals surface area contributed by atoms with Gasteiger partial charge in [0.15, 0.2) is 0 Å². The minimum atomic E-state index is -1.01. The molecule has 0 aliphatic rings. The highest BCUT2D eigenvalue weighted by molar-refractivity contribution is 7.10. The summed E-state index contributed by atoms with van der Waals surface area (Å²) in [5.41, 5.74) is 0.946. The summed E-state index contributed by atoms with van der Waals surface area (Å²) >= 11 is 7.70. The van der Waals surface area contributed by atoms with Crippen LogP contribution in [0.3, 0.4) is 0 Å². The van der Waals surface area contributed by atoms with E-state index in [2.05, 4.69) is 25.2 Å². The molecule has 1 atom stereocenters. The number of hydrogen-bond donors (Lipinski definition) is 2. The fraction of sp³-hybridized carbons (Fsp3) is 0.267. The van der Waals surface area contributed by atoms with Crippen LogP contribution in [0.4, 0.5) is 5.69 Å². The van der Waals surface area contributed by atoms with Crippen molar-refractivity contribution in [1.82, 2.24) is 0 Å². The average molecular weight is 310 g/mol. The van der Waals surface area contributed by atoms with Gasteiger partial charge in [-0.05, 0) is 35.6 Å². The predicted octanol–water partition coefficient (Wildman–Crippen LogP) is 4.91. The van der Waals surface area contributed by atoms with Crippen molar-refractivity contribution in [2.75, 3.05) is 5.32 Å². The molecule has 0 aliphatic carbocycles. The molecule has 1 aromatic carbocycles. The Kier molecular flexibility index (Phi) is 4.68. The molecule has 1 aromatic heterocycles. The molecular formula is C15H16ClNO2S. The first kappa shape index (κ1) is 14.9. The van der Waals surface area contributed by atoms with Crippen molar-refractivity contribution in [3.05, 3.63) is 51.2 Å². The van der Waals surface area contributed by atoms with E-state index in [1.165, 1.54) is 10.9 Å². The van der Waals surface area contributed by atoms with Crippen molar-refractivity contribution < 1.29 is 9.90 Å². The average Bonchev–Trinajstić information content (AvgIpc) is 2.88. The highest BCUT2D eigenvalue weighted by Gasteiger charge is 2.17. The van der Waals surface area contributed by atoms with Crippen LogP contribution in [-0.4, -0.2) is 11.1 Å². The van der Waals surface area contributed by atoms with Crippen LogP contribution < -0.4 is 5.32 Å². The zero-order valence-electron chi connectivity index (χ0n) is 11.3. The highest BCUT2D eigenvalue weighted by Crippen LogP contribution is 2.31. The van der Waals surface area contributed by atoms with Crippen LogP contribution in [0.2, 0.25) is 5.02 Å². The molecule has 0 bridgehead atoms. The van der Waals surface area contributed by atoms with E-state index >= 15 is 0 Å². The summed E-state index contributed by atoms with van der Waals surface area (Å²) in [5, 5.41) is 14.7. The molecule has 5 heteroatoms. The molecule has 0 radical (unpaired) electrons. The maximum atomic E-state index is 10.9. The van der Waals surface area contributed by atoms with E-state index in [0.717, 1.165) is 5.69 Å². The lowest BCUT2D eigenvalue weighted by Crippen LogP contribution is -2.15. The summed E-state index contributed by atoms with van der Waals surface area (Å²) in [5.74, 6) is -0.605. The molecule has 2 N–H and O–H groups in total. The Morgan fingerprint density at radius 1 is 1.35 bits per heavy atom. The van der Waals surface area contributed by atoms with E-state index in [1.807, 2.05) is 11.4 Å². The van der Waals surface area contributed by atoms with Crippen molar-refractivity contribution in [1.29, 1.82) is 0 Å². The molecule has 3 nitrogen and oxygen atoms in total. The van der Waals surface area contributed by atoms with E-state index in [9.17, 15) is 4.79 Å². The number of nitrogens with one attached hydrogen (secondary N) is 1. The number of carbonyl (C=O) groups is 1. The van der Waals surface area contributed by atoms with Crippen LogP contribution in [-0.2, 0) is 0 Å². The van der Waals surface area contributed by atoms with E-state index in [0.29, 0.717) is 5.92 Å². The van der Waals surface area contributed by atoms with Gasteiger partial charge in [0.1, 0.15) is 0 Å². The van der Waals surface area contributed by atoms with Gasteiger partial charge in [-0.3, -0.25) is 0 Å². The van der Waals surface area contributed by atoms with Gasteiger partial charge >= 0.3 is 5.97 Å². The Balaban J connectivity index is 2.24. The van der Waals surface area contributed by atoms with Gasteiger partial charge in [0.25, 0.3) is 0 Å². The van der Waals surface area contributed by atoms with Gasteiger partial charge in [0, 0.05) is 10.6 Å². The van der Waals surface area contributed by atoms with Crippen molar-refractivity contribution in [3.8, 4) is 0 Å². The van der Waals surface area contributed by atoms with Gasteiger partial charge in [-0.25, -0.2) is 4.79 Å². The molecule has 2 rings (SSSR count). The number of rotatable bonds is 5. The van der Waals surface area contributed by atoms with E-state index in [1.54, 1.807) is 23.5 Å². The monoisotopic (exact) mass is 309 g/mol. The molecule has 2 aromatic rings. The Bertz CT molecular complexity index is 596. The van der Waals surface area contributed by atoms with Gasteiger partial charge in [-0.15, -0.1) is 11.3 Å². The maximum absolute atomic E-state index is 10.9. The van der Waals surface area contributed by atoms with Crippen LogP contribution in [0.25, 0.3) is 0 Å². The number of hydrogen-bond acceptors (Lipinski definition) is 3. The highest BCUT2D eigenvalue weighted by atomic mass is 35.5. The molecule has 0 saturated carbocycles. The summed E-state index contributed by atoms with van der Waals surface area (Å²) in [7, 11) is 0. The smallest absolute Gasteiger partial charge is 0.337 e. The van der Waals surface area contributed by atoms with Crippen molar-refractivity contribution in [2.24, 2.45) is 5.92 Å². The van der Waals surface area contributed by atoms with E-state index in [-0.39, 0.29) is 16.6 Å². The minimum Gasteiger partial charge on any atom is -0.478 e. The van der Waals surface area contributed by atoms with Crippen LogP contribution in [0.1, 0.15) is 35.1 Å². The summed E-state index contributed by atoms with van der Waals surface area (Å²) in [6.45, 7) is 4.29. The number of halogens is 1. The van der Waals surface area contributed by atoms with Crippen LogP contribution >= 0.6 is 22.9 Å². The number of anilines is 1. The first-order valence-electron chi connectivity index (χ1n) is 6.32. The summed E-state index contributed by atoms with van der Waals surface area (Å²) in [6.07, 6.45) is 0. The quantitative estimate of drug-likeness (QED) is 0.825. The van der Waals surface area contributed by atoms with E-state index < -0.39 is 5.97 Å². The predicted molar refractivity (Wildman–Crippen MR) is 83.9 cm³/mol. The molecule has 0 fully saturated rings. The SMILES string of the molecule is CC(C)C(Nc1ccc(C(=O)O)c(Cl)c1)c1cccs1. The van der Waals surface area contributed by atoms with Gasteiger partial charge < -0.3 is 10.4 Å². The Morgan fingerprint density at radius 2 is 2.10 bits per heavy atom. The summed E-state index contributed by atoms with van der Waals surface area (Å²) in [6, 6.07) is 9.24. The lowest BCUT2D eigenvalue weighted by Gasteiger charge is -2.22. The van der Waals surface area contributed by atoms with Crippen molar-refractivity contribution in [3.63, 3.8) is 0 Å². The zero-order valence-corrected chi connectivity index (χ0v) is 12.8. The Labute approximate surface area is 127 Å². The molecule has 0 amide bonds. The molecule has 106 valence electrons. The minimum absolute atomic E-state index is 0.120. The standard InChI is InChI=1S/C15H16ClNO2S/c1-9(2)14(13-4-3-7-20-13)17-10-5-6-11(15(18)19)12(16)8-10/h3-9,14,17H,1-2H3,(H,18,19). The van der Waals surface area contributed by atoms with Gasteiger partial charge in [-0.1, -0.05) is 31.5 Å². The third-order valence-corrected chi connectivity index (χ3v) is 4.31. The number of thiophene rings is 1. The fourth-order valence-corrected chi connectivity index (χ4v) is 3.20. The molecule has 0 saturated heterocycles. The Morgan fingerprint density at radius 3 is 2.60 bits per heavy atom.